The molecule has 6 rings (SSSR count). The lowest BCUT2D eigenvalue weighted by molar-refractivity contribution is 0.0924. The van der Waals surface area contributed by atoms with Gasteiger partial charge in [-0.15, -0.1) is 0 Å². The maximum Gasteiger partial charge on any atom is 0.349 e. The molecule has 0 saturated carbocycles. The highest BCUT2D eigenvalue weighted by molar-refractivity contribution is 6.06. The van der Waals surface area contributed by atoms with Crippen molar-refractivity contribution in [3.63, 3.8) is 0 Å². The fraction of sp³-hybridized carbons (Fsp3) is 0.444. The molecule has 0 bridgehead atoms. The van der Waals surface area contributed by atoms with E-state index < -0.39 is 11.5 Å². The molecule has 2 saturated heterocycles. The number of piperazine rings is 1. The number of aromatic nitrogens is 3. The first kappa shape index (κ1) is 25.4. The van der Waals surface area contributed by atoms with Crippen molar-refractivity contribution in [3.05, 3.63) is 51.5 Å². The Balaban J connectivity index is 1.14. The average molecular weight is 535 g/mol. The Morgan fingerprint density at radius 3 is 2.77 bits per heavy atom. The van der Waals surface area contributed by atoms with E-state index in [4.69, 9.17) is 4.74 Å². The molecule has 0 aliphatic carbocycles. The number of hydrogen-bond acceptors (Lipinski definition) is 9. The third-order valence-corrected chi connectivity index (χ3v) is 7.62. The molecule has 2 fully saturated rings. The molecule has 5 heterocycles. The van der Waals surface area contributed by atoms with E-state index in [0.29, 0.717) is 54.5 Å². The van der Waals surface area contributed by atoms with Gasteiger partial charge in [-0.3, -0.25) is 14.3 Å². The summed E-state index contributed by atoms with van der Waals surface area (Å²) in [5.74, 6) is -0.229. The summed E-state index contributed by atoms with van der Waals surface area (Å²) in [7, 11) is 0. The third-order valence-electron chi connectivity index (χ3n) is 7.62. The summed E-state index contributed by atoms with van der Waals surface area (Å²) in [5.41, 5.74) is 2.93. The SMILES string of the molecule is CCn1c2c3c(cc(CN4CCN(c5ccc(C(=O)N[C@@H]6CCOC6)nc5C)CC4)c(F)c3nc1=O)NC=N2. The summed E-state index contributed by atoms with van der Waals surface area (Å²) in [6, 6.07) is 5.54. The van der Waals surface area contributed by atoms with E-state index in [0.717, 1.165) is 44.0 Å². The van der Waals surface area contributed by atoms with E-state index in [1.54, 1.807) is 12.1 Å². The van der Waals surface area contributed by atoms with Gasteiger partial charge in [0.05, 0.1) is 41.4 Å². The Hall–Kier alpha value is -3.90. The fourth-order valence-electron chi connectivity index (χ4n) is 5.53. The van der Waals surface area contributed by atoms with Crippen molar-refractivity contribution in [2.75, 3.05) is 49.6 Å². The van der Waals surface area contributed by atoms with Gasteiger partial charge < -0.3 is 20.3 Å². The summed E-state index contributed by atoms with van der Waals surface area (Å²) in [6.07, 6.45) is 2.34. The van der Waals surface area contributed by atoms with Crippen LogP contribution >= 0.6 is 0 Å². The van der Waals surface area contributed by atoms with Crippen LogP contribution in [0, 0.1) is 12.7 Å². The van der Waals surface area contributed by atoms with E-state index >= 15 is 4.39 Å². The number of benzene rings is 1. The van der Waals surface area contributed by atoms with Gasteiger partial charge in [0.2, 0.25) is 0 Å². The normalized spacial score (nSPS) is 18.9. The molecule has 2 N–H and O–H groups in total. The van der Waals surface area contributed by atoms with Crippen molar-refractivity contribution < 1.29 is 13.9 Å². The second-order valence-electron chi connectivity index (χ2n) is 10.1. The van der Waals surface area contributed by atoms with Crippen LogP contribution < -0.4 is 21.2 Å². The van der Waals surface area contributed by atoms with Crippen LogP contribution in [0.2, 0.25) is 0 Å². The van der Waals surface area contributed by atoms with E-state index in [2.05, 4.69) is 35.4 Å². The number of carbonyl (C=O) groups is 1. The standard InChI is InChI=1S/C27H31FN8O3/c1-3-36-25-22-20(29-15-30-25)12-17(23(28)24(22)33-27(36)38)13-34-7-9-35(10-8-34)21-5-4-19(31-16(21)2)26(37)32-18-6-11-39-14-18/h4-5,12,15,18H,3,6-11,13-14H2,1-2H3,(H,29,30)(H,32,37)/t18-/m1/s1. The first-order valence-corrected chi connectivity index (χ1v) is 13.3. The highest BCUT2D eigenvalue weighted by Gasteiger charge is 2.25. The number of ether oxygens (including phenoxy) is 1. The summed E-state index contributed by atoms with van der Waals surface area (Å²) in [5, 5.41) is 6.59. The van der Waals surface area contributed by atoms with Gasteiger partial charge in [-0.2, -0.15) is 4.98 Å². The number of aliphatic imine (C=N–C) groups is 1. The number of pyridine rings is 1. The number of hydrogen-bond donors (Lipinski definition) is 2. The highest BCUT2D eigenvalue weighted by atomic mass is 19.1. The number of aryl methyl sites for hydroxylation is 1. The smallest absolute Gasteiger partial charge is 0.349 e. The Kier molecular flexibility index (Phi) is 6.73. The molecule has 2 aromatic heterocycles. The predicted molar refractivity (Wildman–Crippen MR) is 147 cm³/mol. The molecule has 0 radical (unpaired) electrons. The Morgan fingerprint density at radius 1 is 1.23 bits per heavy atom. The summed E-state index contributed by atoms with van der Waals surface area (Å²) in [4.78, 5) is 42.4. The van der Waals surface area contributed by atoms with Crippen LogP contribution in [0.4, 0.5) is 21.6 Å². The van der Waals surface area contributed by atoms with Crippen molar-refractivity contribution in [2.24, 2.45) is 4.99 Å². The molecule has 11 nitrogen and oxygen atoms in total. The Bertz CT molecular complexity index is 1520. The lowest BCUT2D eigenvalue weighted by atomic mass is 10.1. The van der Waals surface area contributed by atoms with Gasteiger partial charge in [0.25, 0.3) is 5.91 Å². The number of carbonyl (C=O) groups excluding carboxylic acids is 1. The Labute approximate surface area is 224 Å². The van der Waals surface area contributed by atoms with Gasteiger partial charge >= 0.3 is 5.69 Å². The topological polar surface area (TPSA) is 117 Å². The van der Waals surface area contributed by atoms with Crippen molar-refractivity contribution >= 4 is 40.3 Å². The van der Waals surface area contributed by atoms with Crippen molar-refractivity contribution in [2.45, 2.75) is 39.4 Å². The largest absolute Gasteiger partial charge is 0.379 e. The van der Waals surface area contributed by atoms with Gasteiger partial charge in [-0.25, -0.2) is 19.2 Å². The van der Waals surface area contributed by atoms with E-state index in [9.17, 15) is 9.59 Å². The summed E-state index contributed by atoms with van der Waals surface area (Å²) < 4.78 is 22.4. The van der Waals surface area contributed by atoms with Gasteiger partial charge in [0.15, 0.2) is 5.82 Å². The number of nitrogens with one attached hydrogen (secondary N) is 2. The molecule has 0 spiro atoms. The first-order valence-electron chi connectivity index (χ1n) is 13.3. The van der Waals surface area contributed by atoms with Crippen molar-refractivity contribution in [3.8, 4) is 0 Å². The van der Waals surface area contributed by atoms with E-state index in [1.165, 1.54) is 10.9 Å². The number of halogens is 1. The van der Waals surface area contributed by atoms with Gasteiger partial charge in [0, 0.05) is 51.4 Å². The maximum absolute atomic E-state index is 15.6. The van der Waals surface area contributed by atoms with E-state index in [-0.39, 0.29) is 17.5 Å². The average Bonchev–Trinajstić information content (AvgIpc) is 3.45. The minimum absolute atomic E-state index is 0.0375. The molecule has 204 valence electrons. The molecule has 3 aromatic rings. The highest BCUT2D eigenvalue weighted by Crippen LogP contribution is 2.36. The molecule has 0 unspecified atom stereocenters. The molecular weight excluding hydrogens is 503 g/mol. The van der Waals surface area contributed by atoms with Crippen LogP contribution in [-0.4, -0.2) is 77.1 Å². The van der Waals surface area contributed by atoms with Crippen LogP contribution in [0.1, 0.15) is 35.1 Å². The zero-order valence-corrected chi connectivity index (χ0v) is 22.0. The molecule has 3 aliphatic rings. The number of anilines is 2. The number of amides is 1. The molecule has 1 atom stereocenters. The lowest BCUT2D eigenvalue weighted by Crippen LogP contribution is -2.46. The molecule has 39 heavy (non-hydrogen) atoms. The molecular formula is C27H31FN8O3. The van der Waals surface area contributed by atoms with E-state index in [1.807, 2.05) is 19.9 Å². The predicted octanol–water partition coefficient (Wildman–Crippen LogP) is 2.19. The monoisotopic (exact) mass is 534 g/mol. The number of nitrogens with zero attached hydrogens (tertiary/aromatic N) is 6. The fourth-order valence-corrected chi connectivity index (χ4v) is 5.53. The quantitative estimate of drug-likeness (QED) is 0.494. The molecule has 12 heteroatoms. The first-order chi connectivity index (χ1) is 18.9. The third kappa shape index (κ3) is 4.74. The minimum atomic E-state index is -0.505. The van der Waals surface area contributed by atoms with Gasteiger partial charge in [-0.1, -0.05) is 0 Å². The second-order valence-corrected chi connectivity index (χ2v) is 10.1. The zero-order valence-electron chi connectivity index (χ0n) is 22.0. The van der Waals surface area contributed by atoms with Crippen LogP contribution in [0.3, 0.4) is 0 Å². The second kappa shape index (κ2) is 10.3. The molecule has 3 aliphatic heterocycles. The summed E-state index contributed by atoms with van der Waals surface area (Å²) >= 11 is 0. The summed E-state index contributed by atoms with van der Waals surface area (Å²) in [6.45, 7) is 8.69. The van der Waals surface area contributed by atoms with Gasteiger partial charge in [0.1, 0.15) is 17.0 Å². The Morgan fingerprint density at radius 2 is 2.05 bits per heavy atom. The van der Waals surface area contributed by atoms with Gasteiger partial charge in [-0.05, 0) is 38.5 Å². The van der Waals surface area contributed by atoms with Crippen molar-refractivity contribution in [1.29, 1.82) is 0 Å². The van der Waals surface area contributed by atoms with Crippen LogP contribution in [0.25, 0.3) is 10.9 Å². The van der Waals surface area contributed by atoms with Crippen molar-refractivity contribution in [1.82, 2.24) is 24.8 Å². The molecule has 1 aromatic carbocycles. The van der Waals surface area contributed by atoms with Crippen LogP contribution in [0.5, 0.6) is 0 Å². The minimum Gasteiger partial charge on any atom is -0.379 e. The maximum atomic E-state index is 15.6. The lowest BCUT2D eigenvalue weighted by Gasteiger charge is -2.36. The molecule has 1 amide bonds. The van der Waals surface area contributed by atoms with Crippen LogP contribution in [-0.2, 0) is 17.8 Å². The number of rotatable bonds is 6. The van der Waals surface area contributed by atoms with Crippen LogP contribution in [0.15, 0.2) is 28.0 Å². The zero-order chi connectivity index (χ0) is 27.1.